The van der Waals surface area contributed by atoms with Crippen LogP contribution in [0.5, 0.6) is 5.75 Å². The fourth-order valence-electron chi connectivity index (χ4n) is 2.11. The molecule has 21 heavy (non-hydrogen) atoms. The summed E-state index contributed by atoms with van der Waals surface area (Å²) in [6.07, 6.45) is 2.55. The number of phenolic OH excluding ortho intramolecular Hbond substituents is 1. The molecule has 3 rings (SSSR count). The largest absolute Gasteiger partial charge is 0.508 e. The molecule has 2 aromatic rings. The fraction of sp³-hybridized carbons (Fsp3) is 0.235. The molecule has 0 aromatic heterocycles. The van der Waals surface area contributed by atoms with E-state index in [1.54, 1.807) is 18.2 Å². The summed E-state index contributed by atoms with van der Waals surface area (Å²) in [4.78, 5) is 12.0. The van der Waals surface area contributed by atoms with E-state index >= 15 is 0 Å². The quantitative estimate of drug-likeness (QED) is 0.790. The van der Waals surface area contributed by atoms with Crippen molar-refractivity contribution in [2.45, 2.75) is 25.4 Å². The summed E-state index contributed by atoms with van der Waals surface area (Å²) < 4.78 is 0. The third-order valence-corrected chi connectivity index (χ3v) is 3.49. The van der Waals surface area contributed by atoms with E-state index in [4.69, 9.17) is 0 Å². The maximum Gasteiger partial charge on any atom is 0.255 e. The lowest BCUT2D eigenvalue weighted by molar-refractivity contribution is 0.102. The molecule has 0 unspecified atom stereocenters. The van der Waals surface area contributed by atoms with Gasteiger partial charge in [0.05, 0.1) is 0 Å². The number of rotatable bonds is 5. The Bertz CT molecular complexity index is 633. The number of carbonyl (C=O) groups is 1. The van der Waals surface area contributed by atoms with Gasteiger partial charge in [-0.3, -0.25) is 4.79 Å². The fourth-order valence-corrected chi connectivity index (χ4v) is 2.11. The third-order valence-electron chi connectivity index (χ3n) is 3.49. The van der Waals surface area contributed by atoms with E-state index in [0.717, 1.165) is 12.2 Å². The van der Waals surface area contributed by atoms with E-state index in [1.807, 2.05) is 24.3 Å². The summed E-state index contributed by atoms with van der Waals surface area (Å²) >= 11 is 0. The van der Waals surface area contributed by atoms with E-state index < -0.39 is 0 Å². The van der Waals surface area contributed by atoms with E-state index in [9.17, 15) is 9.90 Å². The van der Waals surface area contributed by atoms with Crippen LogP contribution in [0.25, 0.3) is 0 Å². The van der Waals surface area contributed by atoms with Crippen LogP contribution in [0.15, 0.2) is 48.5 Å². The second-order valence-electron chi connectivity index (χ2n) is 5.36. The van der Waals surface area contributed by atoms with Gasteiger partial charge in [-0.25, -0.2) is 0 Å². The summed E-state index contributed by atoms with van der Waals surface area (Å²) in [5.41, 5.74) is 2.39. The topological polar surface area (TPSA) is 61.4 Å². The van der Waals surface area contributed by atoms with Crippen LogP contribution in [0, 0.1) is 0 Å². The number of benzene rings is 2. The van der Waals surface area contributed by atoms with Gasteiger partial charge < -0.3 is 15.7 Å². The predicted molar refractivity (Wildman–Crippen MR) is 82.4 cm³/mol. The molecule has 1 aliphatic rings. The highest BCUT2D eigenvalue weighted by atomic mass is 16.3. The number of anilines is 1. The van der Waals surface area contributed by atoms with Crippen molar-refractivity contribution in [1.29, 1.82) is 0 Å². The molecule has 0 saturated heterocycles. The Balaban J connectivity index is 1.60. The molecule has 0 spiro atoms. The summed E-state index contributed by atoms with van der Waals surface area (Å²) in [6, 6.07) is 14.8. The Morgan fingerprint density at radius 3 is 2.57 bits per heavy atom. The molecule has 1 aliphatic carbocycles. The van der Waals surface area contributed by atoms with Gasteiger partial charge >= 0.3 is 0 Å². The molecular weight excluding hydrogens is 264 g/mol. The summed E-state index contributed by atoms with van der Waals surface area (Å²) in [5.74, 6) is -0.140. The molecule has 4 nitrogen and oxygen atoms in total. The van der Waals surface area contributed by atoms with Crippen molar-refractivity contribution in [1.82, 2.24) is 5.32 Å². The van der Waals surface area contributed by atoms with Crippen molar-refractivity contribution in [3.8, 4) is 5.75 Å². The smallest absolute Gasteiger partial charge is 0.255 e. The first-order valence-electron chi connectivity index (χ1n) is 7.13. The summed E-state index contributed by atoms with van der Waals surface area (Å²) in [6.45, 7) is 0.867. The van der Waals surface area contributed by atoms with Crippen LogP contribution in [-0.4, -0.2) is 17.1 Å². The lowest BCUT2D eigenvalue weighted by atomic mass is 10.1. The van der Waals surface area contributed by atoms with Crippen molar-refractivity contribution in [2.75, 3.05) is 5.32 Å². The minimum absolute atomic E-state index is 0.0872. The zero-order valence-electron chi connectivity index (χ0n) is 11.7. The van der Waals surface area contributed by atoms with Crippen LogP contribution in [0.3, 0.4) is 0 Å². The van der Waals surface area contributed by atoms with Gasteiger partial charge in [0.2, 0.25) is 0 Å². The van der Waals surface area contributed by atoms with E-state index in [0.29, 0.717) is 11.6 Å². The molecule has 1 amide bonds. The standard InChI is InChI=1S/C17H18N2O2/c20-16-3-1-2-13(10-16)17(21)19-15-6-4-12(5-7-15)11-18-14-8-9-14/h1-7,10,14,18,20H,8-9,11H2,(H,19,21). The molecular formula is C17H18N2O2. The van der Waals surface area contributed by atoms with Crippen molar-refractivity contribution < 1.29 is 9.90 Å². The van der Waals surface area contributed by atoms with Crippen LogP contribution >= 0.6 is 0 Å². The monoisotopic (exact) mass is 282 g/mol. The average Bonchev–Trinajstić information content (AvgIpc) is 3.31. The van der Waals surface area contributed by atoms with Gasteiger partial charge in [-0.15, -0.1) is 0 Å². The highest BCUT2D eigenvalue weighted by Gasteiger charge is 2.19. The second kappa shape index (κ2) is 5.97. The summed E-state index contributed by atoms with van der Waals surface area (Å²) in [5, 5.41) is 15.7. The maximum atomic E-state index is 12.0. The number of amides is 1. The van der Waals surface area contributed by atoms with E-state index in [-0.39, 0.29) is 11.7 Å². The molecule has 1 fully saturated rings. The number of carbonyl (C=O) groups excluding carboxylic acids is 1. The van der Waals surface area contributed by atoms with Gasteiger partial charge in [0.15, 0.2) is 0 Å². The minimum atomic E-state index is -0.227. The van der Waals surface area contributed by atoms with Crippen LogP contribution < -0.4 is 10.6 Å². The van der Waals surface area contributed by atoms with Gasteiger partial charge in [0, 0.05) is 23.8 Å². The van der Waals surface area contributed by atoms with E-state index in [2.05, 4.69) is 10.6 Å². The Hall–Kier alpha value is -2.33. The number of hydrogen-bond acceptors (Lipinski definition) is 3. The molecule has 0 atom stereocenters. The minimum Gasteiger partial charge on any atom is -0.508 e. The highest BCUT2D eigenvalue weighted by Crippen LogP contribution is 2.20. The second-order valence-corrected chi connectivity index (χ2v) is 5.36. The van der Waals surface area contributed by atoms with Crippen LogP contribution in [0.2, 0.25) is 0 Å². The number of phenols is 1. The predicted octanol–water partition coefficient (Wildman–Crippen LogP) is 2.90. The first-order valence-corrected chi connectivity index (χ1v) is 7.13. The zero-order valence-corrected chi connectivity index (χ0v) is 11.7. The lowest BCUT2D eigenvalue weighted by Gasteiger charge is -2.07. The molecule has 0 radical (unpaired) electrons. The lowest BCUT2D eigenvalue weighted by Crippen LogP contribution is -2.15. The number of nitrogens with one attached hydrogen (secondary N) is 2. The molecule has 0 aliphatic heterocycles. The summed E-state index contributed by atoms with van der Waals surface area (Å²) in [7, 11) is 0. The van der Waals surface area contributed by atoms with Crippen molar-refractivity contribution in [3.05, 3.63) is 59.7 Å². The molecule has 108 valence electrons. The van der Waals surface area contributed by atoms with Gasteiger partial charge in [-0.05, 0) is 48.7 Å². The Morgan fingerprint density at radius 1 is 1.14 bits per heavy atom. The van der Waals surface area contributed by atoms with E-state index in [1.165, 1.54) is 24.5 Å². The van der Waals surface area contributed by atoms with Crippen LogP contribution in [0.1, 0.15) is 28.8 Å². The van der Waals surface area contributed by atoms with Crippen molar-refractivity contribution in [2.24, 2.45) is 0 Å². The Labute approximate surface area is 123 Å². The van der Waals surface area contributed by atoms with Gasteiger partial charge in [0.1, 0.15) is 5.75 Å². The highest BCUT2D eigenvalue weighted by molar-refractivity contribution is 6.04. The SMILES string of the molecule is O=C(Nc1ccc(CNC2CC2)cc1)c1cccc(O)c1. The number of aromatic hydroxyl groups is 1. The van der Waals surface area contributed by atoms with Crippen LogP contribution in [-0.2, 0) is 6.54 Å². The van der Waals surface area contributed by atoms with Crippen molar-refractivity contribution in [3.63, 3.8) is 0 Å². The van der Waals surface area contributed by atoms with Crippen molar-refractivity contribution >= 4 is 11.6 Å². The van der Waals surface area contributed by atoms with Crippen LogP contribution in [0.4, 0.5) is 5.69 Å². The first kappa shape index (κ1) is 13.6. The molecule has 3 N–H and O–H groups in total. The molecule has 4 heteroatoms. The van der Waals surface area contributed by atoms with Gasteiger partial charge in [-0.1, -0.05) is 18.2 Å². The molecule has 0 heterocycles. The zero-order chi connectivity index (χ0) is 14.7. The van der Waals surface area contributed by atoms with Gasteiger partial charge in [-0.2, -0.15) is 0 Å². The maximum absolute atomic E-state index is 12.0. The third kappa shape index (κ3) is 3.83. The Morgan fingerprint density at radius 2 is 1.90 bits per heavy atom. The first-order chi connectivity index (χ1) is 10.2. The normalized spacial score (nSPS) is 13.9. The molecule has 2 aromatic carbocycles. The molecule has 0 bridgehead atoms. The van der Waals surface area contributed by atoms with Gasteiger partial charge in [0.25, 0.3) is 5.91 Å². The average molecular weight is 282 g/mol. The number of hydrogen-bond donors (Lipinski definition) is 3. The molecule has 1 saturated carbocycles. The Kier molecular flexibility index (Phi) is 3.88.